The van der Waals surface area contributed by atoms with Gasteiger partial charge in [-0.05, 0) is 32.9 Å². The first kappa shape index (κ1) is 19.2. The van der Waals surface area contributed by atoms with E-state index in [1.54, 1.807) is 30.3 Å². The highest BCUT2D eigenvalue weighted by molar-refractivity contribution is 14.0. The number of hydrogen-bond acceptors (Lipinski definition) is 3. The number of sulfone groups is 1. The van der Waals surface area contributed by atoms with E-state index < -0.39 is 9.84 Å². The summed E-state index contributed by atoms with van der Waals surface area (Å²) in [5, 5.41) is 2.98. The van der Waals surface area contributed by atoms with Gasteiger partial charge in [-0.2, -0.15) is 0 Å². The SMILES string of the molecule is CC(C)(C)NC(N)=NCCS(=O)(=O)c1ccccc1.I. The Morgan fingerprint density at radius 3 is 2.30 bits per heavy atom. The monoisotopic (exact) mass is 411 g/mol. The fourth-order valence-corrected chi connectivity index (χ4v) is 2.59. The third-order valence-electron chi connectivity index (χ3n) is 2.25. The Hall–Kier alpha value is -0.830. The van der Waals surface area contributed by atoms with E-state index >= 15 is 0 Å². The van der Waals surface area contributed by atoms with E-state index in [-0.39, 0.29) is 47.8 Å². The zero-order valence-electron chi connectivity index (χ0n) is 12.0. The van der Waals surface area contributed by atoms with Crippen LogP contribution in [-0.2, 0) is 9.84 Å². The minimum atomic E-state index is -3.29. The van der Waals surface area contributed by atoms with Crippen LogP contribution in [0.25, 0.3) is 0 Å². The second-order valence-corrected chi connectivity index (χ2v) is 7.38. The Morgan fingerprint density at radius 1 is 1.25 bits per heavy atom. The molecule has 20 heavy (non-hydrogen) atoms. The molecule has 1 rings (SSSR count). The number of benzene rings is 1. The number of aliphatic imine (C=N–C) groups is 1. The van der Waals surface area contributed by atoms with Gasteiger partial charge < -0.3 is 11.1 Å². The smallest absolute Gasteiger partial charge is 0.189 e. The molecule has 5 nitrogen and oxygen atoms in total. The molecular weight excluding hydrogens is 389 g/mol. The molecule has 0 saturated carbocycles. The van der Waals surface area contributed by atoms with Crippen molar-refractivity contribution >= 4 is 39.8 Å². The molecule has 0 fully saturated rings. The first-order valence-corrected chi connectivity index (χ1v) is 7.72. The maximum Gasteiger partial charge on any atom is 0.189 e. The summed E-state index contributed by atoms with van der Waals surface area (Å²) < 4.78 is 23.9. The van der Waals surface area contributed by atoms with Gasteiger partial charge in [-0.25, -0.2) is 8.42 Å². The van der Waals surface area contributed by atoms with E-state index in [4.69, 9.17) is 5.73 Å². The number of hydrogen-bond donors (Lipinski definition) is 2. The largest absolute Gasteiger partial charge is 0.370 e. The van der Waals surface area contributed by atoms with Gasteiger partial charge in [-0.15, -0.1) is 24.0 Å². The number of halogens is 1. The molecule has 0 unspecified atom stereocenters. The van der Waals surface area contributed by atoms with E-state index in [1.165, 1.54) is 0 Å². The van der Waals surface area contributed by atoms with Gasteiger partial charge in [0.05, 0.1) is 17.2 Å². The Balaban J connectivity index is 0.00000361. The molecule has 0 aromatic heterocycles. The molecule has 0 aliphatic heterocycles. The van der Waals surface area contributed by atoms with Gasteiger partial charge in [0.1, 0.15) is 0 Å². The van der Waals surface area contributed by atoms with Crippen molar-refractivity contribution in [2.45, 2.75) is 31.2 Å². The Labute approximate surface area is 138 Å². The van der Waals surface area contributed by atoms with Crippen molar-refractivity contribution < 1.29 is 8.42 Å². The predicted octanol–water partition coefficient (Wildman–Crippen LogP) is 1.78. The molecule has 1 aromatic rings. The lowest BCUT2D eigenvalue weighted by molar-refractivity contribution is 0.508. The van der Waals surface area contributed by atoms with Gasteiger partial charge in [-0.3, -0.25) is 4.99 Å². The van der Waals surface area contributed by atoms with Crippen LogP contribution < -0.4 is 11.1 Å². The van der Waals surface area contributed by atoms with Gasteiger partial charge in [-0.1, -0.05) is 18.2 Å². The number of guanidine groups is 1. The Morgan fingerprint density at radius 2 is 1.80 bits per heavy atom. The molecule has 0 bridgehead atoms. The van der Waals surface area contributed by atoms with Crippen molar-refractivity contribution in [2.24, 2.45) is 10.7 Å². The minimum Gasteiger partial charge on any atom is -0.370 e. The third-order valence-corrected chi connectivity index (χ3v) is 3.96. The third kappa shape index (κ3) is 7.09. The van der Waals surface area contributed by atoms with Crippen molar-refractivity contribution in [3.05, 3.63) is 30.3 Å². The lowest BCUT2D eigenvalue weighted by Crippen LogP contribution is -2.45. The van der Waals surface area contributed by atoms with Crippen LogP contribution in [0.4, 0.5) is 0 Å². The molecule has 0 saturated heterocycles. The molecule has 0 aliphatic carbocycles. The average molecular weight is 411 g/mol. The molecule has 1 aromatic carbocycles. The zero-order chi connectivity index (χ0) is 14.5. The van der Waals surface area contributed by atoms with Crippen LogP contribution in [-0.4, -0.2) is 32.2 Å². The summed E-state index contributed by atoms with van der Waals surface area (Å²) in [6.07, 6.45) is 0. The quantitative estimate of drug-likeness (QED) is 0.450. The highest BCUT2D eigenvalue weighted by Gasteiger charge is 2.14. The molecular formula is C13H22IN3O2S. The molecule has 0 spiro atoms. The van der Waals surface area contributed by atoms with Crippen LogP contribution in [0.15, 0.2) is 40.2 Å². The van der Waals surface area contributed by atoms with Crippen LogP contribution in [0.2, 0.25) is 0 Å². The minimum absolute atomic E-state index is 0. The summed E-state index contributed by atoms with van der Waals surface area (Å²) in [5.41, 5.74) is 5.48. The van der Waals surface area contributed by atoms with Crippen molar-refractivity contribution in [2.75, 3.05) is 12.3 Å². The topological polar surface area (TPSA) is 84.5 Å². The van der Waals surface area contributed by atoms with Crippen LogP contribution in [0, 0.1) is 0 Å². The summed E-state index contributed by atoms with van der Waals surface area (Å²) in [5.74, 6) is 0.208. The maximum atomic E-state index is 12.0. The van der Waals surface area contributed by atoms with Gasteiger partial charge in [0.15, 0.2) is 15.8 Å². The summed E-state index contributed by atoms with van der Waals surface area (Å²) in [6, 6.07) is 8.34. The highest BCUT2D eigenvalue weighted by Crippen LogP contribution is 2.09. The van der Waals surface area contributed by atoms with Crippen molar-refractivity contribution in [1.29, 1.82) is 0 Å². The summed E-state index contributed by atoms with van der Waals surface area (Å²) in [4.78, 5) is 4.34. The zero-order valence-corrected chi connectivity index (χ0v) is 15.1. The van der Waals surface area contributed by atoms with E-state index in [9.17, 15) is 8.42 Å². The number of nitrogens with one attached hydrogen (secondary N) is 1. The Kier molecular flexibility index (Phi) is 7.50. The normalized spacial score (nSPS) is 12.7. The first-order valence-electron chi connectivity index (χ1n) is 6.07. The maximum absolute atomic E-state index is 12.0. The van der Waals surface area contributed by atoms with Crippen molar-refractivity contribution in [1.82, 2.24) is 5.32 Å². The highest BCUT2D eigenvalue weighted by atomic mass is 127. The number of rotatable bonds is 4. The van der Waals surface area contributed by atoms with Crippen molar-refractivity contribution in [3.8, 4) is 0 Å². The molecule has 3 N–H and O–H groups in total. The Bertz CT molecular complexity index is 536. The summed E-state index contributed by atoms with van der Waals surface area (Å²) in [7, 11) is -3.29. The molecule has 0 amide bonds. The van der Waals surface area contributed by atoms with E-state index in [1.807, 2.05) is 20.8 Å². The fraction of sp³-hybridized carbons (Fsp3) is 0.462. The molecule has 0 heterocycles. The lowest BCUT2D eigenvalue weighted by atomic mass is 10.1. The standard InChI is InChI=1S/C13H21N3O2S.HI/c1-13(2,3)16-12(14)15-9-10-19(17,18)11-7-5-4-6-8-11;/h4-8H,9-10H2,1-3H3,(H3,14,15,16);1H. The van der Waals surface area contributed by atoms with Crippen molar-refractivity contribution in [3.63, 3.8) is 0 Å². The van der Waals surface area contributed by atoms with Crippen LogP contribution in [0.5, 0.6) is 0 Å². The van der Waals surface area contributed by atoms with Crippen LogP contribution in [0.3, 0.4) is 0 Å². The first-order chi connectivity index (χ1) is 8.71. The van der Waals surface area contributed by atoms with E-state index in [0.717, 1.165) is 0 Å². The van der Waals surface area contributed by atoms with Gasteiger partial charge in [0.2, 0.25) is 0 Å². The molecule has 0 radical (unpaired) electrons. The second-order valence-electron chi connectivity index (χ2n) is 5.27. The van der Waals surface area contributed by atoms with Gasteiger partial charge in [0, 0.05) is 5.54 Å². The summed E-state index contributed by atoms with van der Waals surface area (Å²) >= 11 is 0. The van der Waals surface area contributed by atoms with Gasteiger partial charge in [0.25, 0.3) is 0 Å². The van der Waals surface area contributed by atoms with Gasteiger partial charge >= 0.3 is 0 Å². The second kappa shape index (κ2) is 7.82. The van der Waals surface area contributed by atoms with E-state index in [0.29, 0.717) is 4.90 Å². The summed E-state index contributed by atoms with van der Waals surface area (Å²) in [6.45, 7) is 6.01. The number of nitrogens with zero attached hydrogens (tertiary/aromatic N) is 1. The molecule has 0 aliphatic rings. The molecule has 114 valence electrons. The predicted molar refractivity (Wildman–Crippen MR) is 93.3 cm³/mol. The molecule has 7 heteroatoms. The van der Waals surface area contributed by atoms with E-state index in [2.05, 4.69) is 10.3 Å². The lowest BCUT2D eigenvalue weighted by Gasteiger charge is -2.20. The number of nitrogens with two attached hydrogens (primary N) is 1. The molecule has 0 atom stereocenters. The fourth-order valence-electron chi connectivity index (χ4n) is 1.46. The average Bonchev–Trinajstić information content (AvgIpc) is 2.27. The van der Waals surface area contributed by atoms with Crippen LogP contribution in [0.1, 0.15) is 20.8 Å². The van der Waals surface area contributed by atoms with Crippen LogP contribution >= 0.6 is 24.0 Å².